The van der Waals surface area contributed by atoms with Crippen LogP contribution in [0.3, 0.4) is 0 Å². The van der Waals surface area contributed by atoms with E-state index in [1.165, 1.54) is 0 Å². The lowest BCUT2D eigenvalue weighted by Crippen LogP contribution is -2.23. The first-order chi connectivity index (χ1) is 5.75. The van der Waals surface area contributed by atoms with E-state index in [0.717, 1.165) is 0 Å². The van der Waals surface area contributed by atoms with Gasteiger partial charge in [0.1, 0.15) is 5.92 Å². The fourth-order valence-electron chi connectivity index (χ4n) is 0.979. The molecule has 12 heavy (non-hydrogen) atoms. The summed E-state index contributed by atoms with van der Waals surface area (Å²) < 4.78 is 4.79. The third-order valence-electron chi connectivity index (χ3n) is 1.57. The molecule has 3 nitrogen and oxygen atoms in total. The standard InChI is InChI=1S/C9H11NO2/c1-2-12-9(11)7-5-3-4-6-8(7)10/h3-7,10H,2H2,1H3. The van der Waals surface area contributed by atoms with Crippen LogP contribution in [0.2, 0.25) is 0 Å². The van der Waals surface area contributed by atoms with Crippen LogP contribution in [0.15, 0.2) is 24.3 Å². The quantitative estimate of drug-likeness (QED) is 0.627. The molecule has 0 amide bonds. The highest BCUT2D eigenvalue weighted by Crippen LogP contribution is 2.09. The van der Waals surface area contributed by atoms with Crippen molar-refractivity contribution in [1.82, 2.24) is 0 Å². The Hall–Kier alpha value is -1.38. The first kappa shape index (κ1) is 8.71. The molecule has 0 saturated heterocycles. The molecule has 0 aliphatic heterocycles. The second-order valence-corrected chi connectivity index (χ2v) is 2.43. The Bertz CT molecular complexity index is 253. The van der Waals surface area contributed by atoms with Gasteiger partial charge in [0.05, 0.1) is 6.61 Å². The van der Waals surface area contributed by atoms with Crippen molar-refractivity contribution in [1.29, 1.82) is 5.41 Å². The molecule has 1 atom stereocenters. The first-order valence-electron chi connectivity index (χ1n) is 3.85. The monoisotopic (exact) mass is 165 g/mol. The van der Waals surface area contributed by atoms with Gasteiger partial charge in [-0.25, -0.2) is 0 Å². The molecule has 1 N–H and O–H groups in total. The summed E-state index contributed by atoms with van der Waals surface area (Å²) in [5.41, 5.74) is 0.288. The van der Waals surface area contributed by atoms with Crippen molar-refractivity contribution in [2.75, 3.05) is 6.61 Å². The average Bonchev–Trinajstić information content (AvgIpc) is 2.05. The predicted octanol–water partition coefficient (Wildman–Crippen LogP) is 1.31. The fourth-order valence-corrected chi connectivity index (χ4v) is 0.979. The van der Waals surface area contributed by atoms with Crippen LogP contribution >= 0.6 is 0 Å². The van der Waals surface area contributed by atoms with Crippen molar-refractivity contribution in [2.24, 2.45) is 5.92 Å². The summed E-state index contributed by atoms with van der Waals surface area (Å²) in [5.74, 6) is -0.849. The van der Waals surface area contributed by atoms with Crippen LogP contribution in [0.25, 0.3) is 0 Å². The van der Waals surface area contributed by atoms with E-state index in [2.05, 4.69) is 0 Å². The lowest BCUT2D eigenvalue weighted by molar-refractivity contribution is -0.144. The molecule has 3 heteroatoms. The Morgan fingerprint density at radius 3 is 3.00 bits per heavy atom. The smallest absolute Gasteiger partial charge is 0.318 e. The molecule has 0 aromatic carbocycles. The van der Waals surface area contributed by atoms with E-state index in [-0.39, 0.29) is 11.7 Å². The van der Waals surface area contributed by atoms with Gasteiger partial charge in [0.25, 0.3) is 0 Å². The number of hydrogen-bond donors (Lipinski definition) is 1. The Balaban J connectivity index is 2.63. The third-order valence-corrected chi connectivity index (χ3v) is 1.57. The second kappa shape index (κ2) is 3.85. The van der Waals surface area contributed by atoms with Gasteiger partial charge in [0.2, 0.25) is 0 Å². The molecule has 1 unspecified atom stereocenters. The maximum absolute atomic E-state index is 11.2. The van der Waals surface area contributed by atoms with E-state index in [1.54, 1.807) is 31.2 Å². The van der Waals surface area contributed by atoms with Crippen LogP contribution in [0.4, 0.5) is 0 Å². The number of hydrogen-bond acceptors (Lipinski definition) is 3. The fraction of sp³-hybridized carbons (Fsp3) is 0.333. The number of carbonyl (C=O) groups excluding carboxylic acids is 1. The van der Waals surface area contributed by atoms with Crippen molar-refractivity contribution in [2.45, 2.75) is 6.92 Å². The molecule has 0 aromatic heterocycles. The minimum absolute atomic E-state index is 0.288. The van der Waals surface area contributed by atoms with E-state index in [4.69, 9.17) is 10.1 Å². The van der Waals surface area contributed by atoms with Crippen molar-refractivity contribution in [3.05, 3.63) is 24.3 Å². The van der Waals surface area contributed by atoms with Gasteiger partial charge in [-0.2, -0.15) is 0 Å². The third kappa shape index (κ3) is 1.81. The molecule has 0 saturated carbocycles. The molecule has 0 heterocycles. The van der Waals surface area contributed by atoms with Crippen LogP contribution in [0, 0.1) is 11.3 Å². The average molecular weight is 165 g/mol. The minimum atomic E-state index is -0.505. The van der Waals surface area contributed by atoms with E-state index >= 15 is 0 Å². The zero-order valence-corrected chi connectivity index (χ0v) is 6.91. The molecular weight excluding hydrogens is 154 g/mol. The summed E-state index contributed by atoms with van der Waals surface area (Å²) in [6, 6.07) is 0. The molecule has 0 aromatic rings. The molecule has 0 spiro atoms. The van der Waals surface area contributed by atoms with Gasteiger partial charge >= 0.3 is 5.97 Å². The Morgan fingerprint density at radius 2 is 2.42 bits per heavy atom. The van der Waals surface area contributed by atoms with Gasteiger partial charge < -0.3 is 10.1 Å². The van der Waals surface area contributed by atoms with Crippen molar-refractivity contribution in [3.63, 3.8) is 0 Å². The van der Waals surface area contributed by atoms with Gasteiger partial charge in [0, 0.05) is 5.71 Å². The second-order valence-electron chi connectivity index (χ2n) is 2.43. The highest BCUT2D eigenvalue weighted by molar-refractivity contribution is 6.09. The van der Waals surface area contributed by atoms with Gasteiger partial charge in [0.15, 0.2) is 0 Å². The zero-order valence-electron chi connectivity index (χ0n) is 6.91. The number of allylic oxidation sites excluding steroid dienone is 3. The maximum atomic E-state index is 11.2. The number of rotatable bonds is 2. The summed E-state index contributed by atoms with van der Waals surface area (Å²) in [4.78, 5) is 11.2. The van der Waals surface area contributed by atoms with Gasteiger partial charge in [-0.1, -0.05) is 18.2 Å². The van der Waals surface area contributed by atoms with Crippen LogP contribution in [0.5, 0.6) is 0 Å². The number of ether oxygens (including phenoxy) is 1. The van der Waals surface area contributed by atoms with E-state index in [0.29, 0.717) is 6.61 Å². The van der Waals surface area contributed by atoms with E-state index < -0.39 is 5.92 Å². The molecule has 1 aliphatic carbocycles. The molecule has 1 aliphatic rings. The summed E-state index contributed by atoms with van der Waals surface area (Å²) >= 11 is 0. The zero-order chi connectivity index (χ0) is 8.97. The molecule has 0 radical (unpaired) electrons. The topological polar surface area (TPSA) is 50.2 Å². The highest BCUT2D eigenvalue weighted by Gasteiger charge is 2.20. The molecule has 0 bridgehead atoms. The highest BCUT2D eigenvalue weighted by atomic mass is 16.5. The summed E-state index contributed by atoms with van der Waals surface area (Å²) in [7, 11) is 0. The Morgan fingerprint density at radius 1 is 1.67 bits per heavy atom. The van der Waals surface area contributed by atoms with Gasteiger partial charge in [-0.3, -0.25) is 4.79 Å². The van der Waals surface area contributed by atoms with Crippen molar-refractivity contribution in [3.8, 4) is 0 Å². The van der Waals surface area contributed by atoms with E-state index in [9.17, 15) is 4.79 Å². The van der Waals surface area contributed by atoms with Crippen LogP contribution < -0.4 is 0 Å². The number of carbonyl (C=O) groups is 1. The minimum Gasteiger partial charge on any atom is -0.465 e. The number of nitrogens with one attached hydrogen (secondary N) is 1. The SMILES string of the molecule is CCOC(=O)C1C=CC=CC1=N. The largest absolute Gasteiger partial charge is 0.465 e. The van der Waals surface area contributed by atoms with Crippen molar-refractivity contribution >= 4 is 11.7 Å². The lowest BCUT2D eigenvalue weighted by Gasteiger charge is -2.11. The Kier molecular flexibility index (Phi) is 2.80. The summed E-state index contributed by atoms with van der Waals surface area (Å²) in [6.45, 7) is 2.12. The predicted molar refractivity (Wildman–Crippen MR) is 46.1 cm³/mol. The van der Waals surface area contributed by atoms with Crippen LogP contribution in [-0.4, -0.2) is 18.3 Å². The van der Waals surface area contributed by atoms with Crippen molar-refractivity contribution < 1.29 is 9.53 Å². The lowest BCUT2D eigenvalue weighted by atomic mass is 9.99. The van der Waals surface area contributed by atoms with Crippen LogP contribution in [0.1, 0.15) is 6.92 Å². The maximum Gasteiger partial charge on any atom is 0.318 e. The number of esters is 1. The van der Waals surface area contributed by atoms with Gasteiger partial charge in [-0.15, -0.1) is 0 Å². The molecular formula is C9H11NO2. The normalized spacial score (nSPS) is 21.1. The summed E-state index contributed by atoms with van der Waals surface area (Å²) in [6.07, 6.45) is 6.75. The van der Waals surface area contributed by atoms with Gasteiger partial charge in [-0.05, 0) is 13.0 Å². The Labute approximate surface area is 71.2 Å². The molecule has 1 rings (SSSR count). The molecule has 64 valence electrons. The first-order valence-corrected chi connectivity index (χ1v) is 3.85. The van der Waals surface area contributed by atoms with E-state index in [1.807, 2.05) is 0 Å². The molecule has 0 fully saturated rings. The van der Waals surface area contributed by atoms with Crippen LogP contribution in [-0.2, 0) is 9.53 Å². The summed E-state index contributed by atoms with van der Waals surface area (Å²) in [5, 5.41) is 7.42.